The molecule has 1 aromatic carbocycles. The Morgan fingerprint density at radius 3 is 2.67 bits per heavy atom. The van der Waals surface area contributed by atoms with Gasteiger partial charge in [-0.3, -0.25) is 0 Å². The highest BCUT2D eigenvalue weighted by atomic mass is 19.1. The molecule has 0 saturated heterocycles. The highest BCUT2D eigenvalue weighted by molar-refractivity contribution is 5.89. The number of carbonyl (C=O) groups is 1. The summed E-state index contributed by atoms with van der Waals surface area (Å²) in [6, 6.07) is 3.94. The Morgan fingerprint density at radius 2 is 2.11 bits per heavy atom. The molecule has 0 aromatic heterocycles. The number of aliphatic hydroxyl groups excluding tert-OH is 1. The molecular weight excluding hydrogens is 235 g/mol. The number of hydrogen-bond donors (Lipinski definition) is 3. The number of benzene rings is 1. The first-order chi connectivity index (χ1) is 8.43. The summed E-state index contributed by atoms with van der Waals surface area (Å²) in [5.41, 5.74) is 0.933. The lowest BCUT2D eigenvalue weighted by atomic mass is 10.1. The van der Waals surface area contributed by atoms with E-state index in [4.69, 9.17) is 5.11 Å². The third-order valence-corrected chi connectivity index (χ3v) is 2.93. The zero-order chi connectivity index (χ0) is 13.7. The summed E-state index contributed by atoms with van der Waals surface area (Å²) in [5.74, 6) is -0.393. The second kappa shape index (κ2) is 6.35. The van der Waals surface area contributed by atoms with Crippen molar-refractivity contribution in [3.8, 4) is 0 Å². The molecule has 0 bridgehead atoms. The van der Waals surface area contributed by atoms with Gasteiger partial charge in [-0.1, -0.05) is 13.0 Å². The quantitative estimate of drug-likeness (QED) is 0.772. The third-order valence-electron chi connectivity index (χ3n) is 2.93. The highest BCUT2D eigenvalue weighted by Crippen LogP contribution is 2.13. The average molecular weight is 254 g/mol. The van der Waals surface area contributed by atoms with E-state index in [1.54, 1.807) is 26.0 Å². The lowest BCUT2D eigenvalue weighted by Crippen LogP contribution is -2.40. The van der Waals surface area contributed by atoms with Gasteiger partial charge in [0.05, 0.1) is 0 Å². The first-order valence-electron chi connectivity index (χ1n) is 5.88. The summed E-state index contributed by atoms with van der Waals surface area (Å²) < 4.78 is 13.3. The number of rotatable bonds is 4. The fourth-order valence-corrected chi connectivity index (χ4v) is 1.34. The molecule has 0 spiro atoms. The lowest BCUT2D eigenvalue weighted by Gasteiger charge is -2.19. The normalized spacial score (nSPS) is 13.8. The van der Waals surface area contributed by atoms with Gasteiger partial charge in [0.15, 0.2) is 0 Å². The number of hydrogen-bond acceptors (Lipinski definition) is 2. The monoisotopic (exact) mass is 254 g/mol. The molecule has 0 radical (unpaired) electrons. The van der Waals surface area contributed by atoms with Gasteiger partial charge in [0.25, 0.3) is 0 Å². The van der Waals surface area contributed by atoms with Crippen molar-refractivity contribution in [1.29, 1.82) is 0 Å². The van der Waals surface area contributed by atoms with E-state index < -0.39 is 6.03 Å². The molecule has 100 valence electrons. The molecule has 0 heterocycles. The minimum absolute atomic E-state index is 0.000602. The van der Waals surface area contributed by atoms with Crippen LogP contribution in [0.4, 0.5) is 14.9 Å². The van der Waals surface area contributed by atoms with Crippen LogP contribution in [0.3, 0.4) is 0 Å². The second-order valence-corrected chi connectivity index (χ2v) is 4.51. The predicted octanol–water partition coefficient (Wildman–Crippen LogP) is 2.27. The van der Waals surface area contributed by atoms with Gasteiger partial charge in [0, 0.05) is 18.3 Å². The Labute approximate surface area is 106 Å². The van der Waals surface area contributed by atoms with Crippen molar-refractivity contribution in [3.05, 3.63) is 29.6 Å². The third kappa shape index (κ3) is 4.00. The lowest BCUT2D eigenvalue weighted by molar-refractivity contribution is 0.204. The largest absolute Gasteiger partial charge is 0.396 e. The van der Waals surface area contributed by atoms with Gasteiger partial charge >= 0.3 is 6.03 Å². The number of nitrogens with one attached hydrogen (secondary N) is 2. The molecule has 2 atom stereocenters. The van der Waals surface area contributed by atoms with Gasteiger partial charge in [-0.15, -0.1) is 0 Å². The van der Waals surface area contributed by atoms with Crippen LogP contribution in [-0.2, 0) is 0 Å². The predicted molar refractivity (Wildman–Crippen MR) is 69.0 cm³/mol. The maximum atomic E-state index is 13.3. The van der Waals surface area contributed by atoms with Crippen LogP contribution in [0, 0.1) is 18.7 Å². The summed E-state index contributed by atoms with van der Waals surface area (Å²) in [5, 5.41) is 14.2. The maximum Gasteiger partial charge on any atom is 0.319 e. The molecule has 18 heavy (non-hydrogen) atoms. The van der Waals surface area contributed by atoms with Gasteiger partial charge in [0.2, 0.25) is 0 Å². The summed E-state index contributed by atoms with van der Waals surface area (Å²) in [4.78, 5) is 11.6. The van der Waals surface area contributed by atoms with Crippen LogP contribution < -0.4 is 10.6 Å². The van der Waals surface area contributed by atoms with E-state index in [0.717, 1.165) is 0 Å². The van der Waals surface area contributed by atoms with E-state index >= 15 is 0 Å². The Balaban J connectivity index is 2.57. The van der Waals surface area contributed by atoms with Crippen LogP contribution in [0.5, 0.6) is 0 Å². The van der Waals surface area contributed by atoms with Gasteiger partial charge in [-0.25, -0.2) is 9.18 Å². The van der Waals surface area contributed by atoms with E-state index in [-0.39, 0.29) is 24.4 Å². The van der Waals surface area contributed by atoms with Crippen LogP contribution in [0.15, 0.2) is 18.2 Å². The summed E-state index contributed by atoms with van der Waals surface area (Å²) in [7, 11) is 0. The van der Waals surface area contributed by atoms with E-state index in [1.165, 1.54) is 6.07 Å². The molecule has 0 aliphatic heterocycles. The van der Waals surface area contributed by atoms with Crippen molar-refractivity contribution in [2.24, 2.45) is 5.92 Å². The standard InChI is InChI=1S/C13H19FN2O2/c1-8-4-5-11(6-12(8)14)16-13(18)15-10(3)9(2)7-17/h4-6,9-10,17H,7H2,1-3H3,(H2,15,16,18). The average Bonchev–Trinajstić information content (AvgIpc) is 2.32. The molecule has 5 heteroatoms. The molecule has 1 aromatic rings. The molecule has 1 rings (SSSR count). The van der Waals surface area contributed by atoms with Gasteiger partial charge < -0.3 is 15.7 Å². The van der Waals surface area contributed by atoms with Gasteiger partial charge in [0.1, 0.15) is 5.82 Å². The van der Waals surface area contributed by atoms with Crippen LogP contribution in [0.25, 0.3) is 0 Å². The van der Waals surface area contributed by atoms with Crippen molar-refractivity contribution < 1.29 is 14.3 Å². The van der Waals surface area contributed by atoms with Crippen LogP contribution in [0.2, 0.25) is 0 Å². The Hall–Kier alpha value is -1.62. The van der Waals surface area contributed by atoms with Crippen LogP contribution in [0.1, 0.15) is 19.4 Å². The molecule has 0 aliphatic carbocycles. The Morgan fingerprint density at radius 1 is 1.44 bits per heavy atom. The number of halogens is 1. The Bertz CT molecular complexity index is 423. The van der Waals surface area contributed by atoms with Crippen molar-refractivity contribution in [3.63, 3.8) is 0 Å². The topological polar surface area (TPSA) is 61.4 Å². The molecule has 2 amide bonds. The SMILES string of the molecule is Cc1ccc(NC(=O)NC(C)C(C)CO)cc1F. The van der Waals surface area contributed by atoms with E-state index in [9.17, 15) is 9.18 Å². The molecule has 3 N–H and O–H groups in total. The smallest absolute Gasteiger partial charge is 0.319 e. The van der Waals surface area contributed by atoms with E-state index in [1.807, 2.05) is 6.92 Å². The van der Waals surface area contributed by atoms with Crippen LogP contribution >= 0.6 is 0 Å². The van der Waals surface area contributed by atoms with E-state index in [2.05, 4.69) is 10.6 Å². The minimum Gasteiger partial charge on any atom is -0.396 e. The summed E-state index contributed by atoms with van der Waals surface area (Å²) in [6.45, 7) is 5.29. The number of anilines is 1. The number of amides is 2. The molecule has 0 saturated carbocycles. The fourth-order valence-electron chi connectivity index (χ4n) is 1.34. The molecule has 4 nitrogen and oxygen atoms in total. The highest BCUT2D eigenvalue weighted by Gasteiger charge is 2.13. The zero-order valence-electron chi connectivity index (χ0n) is 10.8. The molecule has 0 fully saturated rings. The molecule has 2 unspecified atom stereocenters. The fraction of sp³-hybridized carbons (Fsp3) is 0.462. The number of urea groups is 1. The van der Waals surface area contributed by atoms with Gasteiger partial charge in [-0.05, 0) is 37.5 Å². The van der Waals surface area contributed by atoms with Crippen molar-refractivity contribution in [2.75, 3.05) is 11.9 Å². The first-order valence-corrected chi connectivity index (χ1v) is 5.88. The molecular formula is C13H19FN2O2. The van der Waals surface area contributed by atoms with Crippen LogP contribution in [-0.4, -0.2) is 23.8 Å². The second-order valence-electron chi connectivity index (χ2n) is 4.51. The summed E-state index contributed by atoms with van der Waals surface area (Å²) >= 11 is 0. The van der Waals surface area contributed by atoms with E-state index in [0.29, 0.717) is 11.3 Å². The number of carbonyl (C=O) groups excluding carboxylic acids is 1. The van der Waals surface area contributed by atoms with Crippen molar-refractivity contribution in [2.45, 2.75) is 26.8 Å². The number of aryl methyl sites for hydroxylation is 1. The minimum atomic E-state index is -0.411. The molecule has 0 aliphatic rings. The Kier molecular flexibility index (Phi) is 5.09. The number of aliphatic hydroxyl groups is 1. The zero-order valence-corrected chi connectivity index (χ0v) is 10.8. The van der Waals surface area contributed by atoms with Crippen molar-refractivity contribution >= 4 is 11.7 Å². The summed E-state index contributed by atoms with van der Waals surface area (Å²) in [6.07, 6.45) is 0. The van der Waals surface area contributed by atoms with Crippen molar-refractivity contribution in [1.82, 2.24) is 5.32 Å². The first kappa shape index (κ1) is 14.4. The van der Waals surface area contributed by atoms with Gasteiger partial charge in [-0.2, -0.15) is 0 Å². The maximum absolute atomic E-state index is 13.3.